The minimum absolute atomic E-state index is 0.219. The van der Waals surface area contributed by atoms with E-state index in [4.69, 9.17) is 0 Å². The number of phenols is 1. The Morgan fingerprint density at radius 1 is 0.739 bits per heavy atom. The van der Waals surface area contributed by atoms with E-state index in [1.165, 1.54) is 0 Å². The smallest absolute Gasteiger partial charge is 0.178 e. The molecular weight excluding hydrogens is 286 g/mol. The van der Waals surface area contributed by atoms with Crippen molar-refractivity contribution in [1.82, 2.24) is 15.0 Å². The summed E-state index contributed by atoms with van der Waals surface area (Å²) in [5.74, 6) is 0.808. The number of benzene rings is 2. The molecule has 0 aliphatic rings. The molecule has 0 bridgehead atoms. The van der Waals surface area contributed by atoms with Gasteiger partial charge in [-0.2, -0.15) is 0 Å². The number of para-hydroxylation sites is 1. The van der Waals surface area contributed by atoms with Crippen molar-refractivity contribution in [3.05, 3.63) is 72.9 Å². The lowest BCUT2D eigenvalue weighted by Gasteiger charge is -2.05. The molecule has 4 heteroatoms. The molecule has 2 aromatic carbocycles. The Hall–Kier alpha value is -3.27. The molecule has 0 atom stereocenters. The highest BCUT2D eigenvalue weighted by molar-refractivity contribution is 5.79. The van der Waals surface area contributed by atoms with Gasteiger partial charge in [-0.25, -0.2) is 15.0 Å². The lowest BCUT2D eigenvalue weighted by molar-refractivity contribution is 0.475. The molecule has 0 spiro atoms. The van der Waals surface area contributed by atoms with Crippen molar-refractivity contribution in [2.45, 2.75) is 0 Å². The zero-order valence-corrected chi connectivity index (χ0v) is 12.2. The van der Waals surface area contributed by atoms with Gasteiger partial charge in [-0.15, -0.1) is 0 Å². The molecule has 0 fully saturated rings. The van der Waals surface area contributed by atoms with Crippen molar-refractivity contribution in [3.8, 4) is 28.5 Å². The van der Waals surface area contributed by atoms with Gasteiger partial charge in [0.1, 0.15) is 11.4 Å². The van der Waals surface area contributed by atoms with E-state index in [1.54, 1.807) is 24.4 Å². The summed E-state index contributed by atoms with van der Waals surface area (Å²) in [6.07, 6.45) is 1.81. The molecule has 0 aliphatic carbocycles. The summed E-state index contributed by atoms with van der Waals surface area (Å²) in [6, 6.07) is 20.6. The van der Waals surface area contributed by atoms with Gasteiger partial charge in [0, 0.05) is 17.1 Å². The number of aromatic nitrogens is 3. The second-order valence-electron chi connectivity index (χ2n) is 5.21. The topological polar surface area (TPSA) is 58.9 Å². The van der Waals surface area contributed by atoms with Crippen LogP contribution in [0.2, 0.25) is 0 Å². The third kappa shape index (κ3) is 2.62. The third-order valence-corrected chi connectivity index (χ3v) is 3.61. The summed E-state index contributed by atoms with van der Waals surface area (Å²) in [7, 11) is 0. The summed E-state index contributed by atoms with van der Waals surface area (Å²) >= 11 is 0. The summed E-state index contributed by atoms with van der Waals surface area (Å²) in [4.78, 5) is 13.6. The van der Waals surface area contributed by atoms with E-state index in [9.17, 15) is 5.11 Å². The molecule has 0 aliphatic heterocycles. The zero-order valence-electron chi connectivity index (χ0n) is 12.2. The summed E-state index contributed by atoms with van der Waals surface area (Å²) in [6.45, 7) is 0. The van der Waals surface area contributed by atoms with Crippen LogP contribution in [0.3, 0.4) is 0 Å². The molecule has 0 unspecified atom stereocenters. The number of fused-ring (bicyclic) bond motifs is 1. The third-order valence-electron chi connectivity index (χ3n) is 3.61. The molecule has 23 heavy (non-hydrogen) atoms. The monoisotopic (exact) mass is 299 g/mol. The van der Waals surface area contributed by atoms with Crippen molar-refractivity contribution >= 4 is 10.9 Å². The van der Waals surface area contributed by atoms with E-state index in [0.29, 0.717) is 11.5 Å². The van der Waals surface area contributed by atoms with Gasteiger partial charge in [-0.3, -0.25) is 0 Å². The van der Waals surface area contributed by atoms with E-state index in [2.05, 4.69) is 15.0 Å². The predicted molar refractivity (Wildman–Crippen MR) is 89.9 cm³/mol. The average Bonchev–Trinajstić information content (AvgIpc) is 2.61. The standard InChI is InChI=1S/C19H13N3O/c23-15-7-3-6-13(11-15)16-9-4-10-18(21-16)19-20-12-14-5-1-2-8-17(14)22-19/h1-12,23H. The molecule has 0 saturated carbocycles. The zero-order chi connectivity index (χ0) is 15.6. The molecule has 1 N–H and O–H groups in total. The van der Waals surface area contributed by atoms with Gasteiger partial charge < -0.3 is 5.11 Å². The molecule has 110 valence electrons. The highest BCUT2D eigenvalue weighted by Gasteiger charge is 2.07. The first-order valence-corrected chi connectivity index (χ1v) is 7.28. The number of hydrogen-bond acceptors (Lipinski definition) is 4. The van der Waals surface area contributed by atoms with E-state index >= 15 is 0 Å². The molecule has 2 aromatic heterocycles. The molecule has 4 aromatic rings. The van der Waals surface area contributed by atoms with Crippen LogP contribution in [0, 0.1) is 0 Å². The lowest BCUT2D eigenvalue weighted by Crippen LogP contribution is -1.93. The van der Waals surface area contributed by atoms with Crippen molar-refractivity contribution in [1.29, 1.82) is 0 Å². The second-order valence-corrected chi connectivity index (χ2v) is 5.21. The number of pyridine rings is 1. The second kappa shape index (κ2) is 5.50. The fraction of sp³-hybridized carbons (Fsp3) is 0. The van der Waals surface area contributed by atoms with Crippen molar-refractivity contribution < 1.29 is 5.11 Å². The normalized spacial score (nSPS) is 10.8. The minimum Gasteiger partial charge on any atom is -0.508 e. The first-order chi connectivity index (χ1) is 11.3. The van der Waals surface area contributed by atoms with Gasteiger partial charge in [0.15, 0.2) is 5.82 Å². The van der Waals surface area contributed by atoms with Crippen LogP contribution in [0.4, 0.5) is 0 Å². The SMILES string of the molecule is Oc1cccc(-c2cccc(-c3ncc4ccccc4n3)n2)c1. The average molecular weight is 299 g/mol. The van der Waals surface area contributed by atoms with Gasteiger partial charge >= 0.3 is 0 Å². The first kappa shape index (κ1) is 13.4. The Bertz CT molecular complexity index is 998. The Balaban J connectivity index is 1.81. The summed E-state index contributed by atoms with van der Waals surface area (Å²) in [5, 5.41) is 10.6. The Morgan fingerprint density at radius 3 is 2.48 bits per heavy atom. The van der Waals surface area contributed by atoms with Crippen LogP contribution >= 0.6 is 0 Å². The number of nitrogens with zero attached hydrogens (tertiary/aromatic N) is 3. The van der Waals surface area contributed by atoms with Gasteiger partial charge in [-0.1, -0.05) is 36.4 Å². The van der Waals surface area contributed by atoms with E-state index < -0.39 is 0 Å². The molecular formula is C19H13N3O. The minimum atomic E-state index is 0.219. The highest BCUT2D eigenvalue weighted by atomic mass is 16.3. The van der Waals surface area contributed by atoms with Crippen LogP contribution in [0.15, 0.2) is 72.9 Å². The van der Waals surface area contributed by atoms with E-state index in [-0.39, 0.29) is 5.75 Å². The fourth-order valence-electron chi connectivity index (χ4n) is 2.48. The quantitative estimate of drug-likeness (QED) is 0.606. The Labute approximate surface area is 133 Å². The first-order valence-electron chi connectivity index (χ1n) is 7.28. The maximum absolute atomic E-state index is 9.63. The van der Waals surface area contributed by atoms with Gasteiger partial charge in [0.05, 0.1) is 11.2 Å². The van der Waals surface area contributed by atoms with Crippen LogP contribution in [-0.2, 0) is 0 Å². The van der Waals surface area contributed by atoms with Gasteiger partial charge in [0.25, 0.3) is 0 Å². The van der Waals surface area contributed by atoms with Crippen molar-refractivity contribution in [2.24, 2.45) is 0 Å². The molecule has 0 radical (unpaired) electrons. The van der Waals surface area contributed by atoms with E-state index in [0.717, 1.165) is 22.2 Å². The van der Waals surface area contributed by atoms with Gasteiger partial charge in [-0.05, 0) is 30.3 Å². The van der Waals surface area contributed by atoms with Crippen molar-refractivity contribution in [2.75, 3.05) is 0 Å². The van der Waals surface area contributed by atoms with E-state index in [1.807, 2.05) is 48.5 Å². The Kier molecular flexibility index (Phi) is 3.20. The van der Waals surface area contributed by atoms with Gasteiger partial charge in [0.2, 0.25) is 0 Å². The maximum atomic E-state index is 9.63. The number of phenolic OH excluding ortho intramolecular Hbond substituents is 1. The summed E-state index contributed by atoms with van der Waals surface area (Å²) < 4.78 is 0. The van der Waals surface area contributed by atoms with Crippen LogP contribution in [-0.4, -0.2) is 20.1 Å². The lowest BCUT2D eigenvalue weighted by atomic mass is 10.1. The number of aromatic hydroxyl groups is 1. The van der Waals surface area contributed by atoms with Crippen LogP contribution < -0.4 is 0 Å². The molecule has 2 heterocycles. The molecule has 4 rings (SSSR count). The molecule has 4 nitrogen and oxygen atoms in total. The fourth-order valence-corrected chi connectivity index (χ4v) is 2.48. The van der Waals surface area contributed by atoms with Crippen LogP contribution in [0.25, 0.3) is 33.7 Å². The number of hydrogen-bond donors (Lipinski definition) is 1. The largest absolute Gasteiger partial charge is 0.508 e. The molecule has 0 amide bonds. The predicted octanol–water partition coefficient (Wildman–Crippen LogP) is 4.06. The highest BCUT2D eigenvalue weighted by Crippen LogP contribution is 2.24. The maximum Gasteiger partial charge on any atom is 0.178 e. The summed E-state index contributed by atoms with van der Waals surface area (Å²) in [5.41, 5.74) is 3.22. The van der Waals surface area contributed by atoms with Crippen LogP contribution in [0.5, 0.6) is 5.75 Å². The van der Waals surface area contributed by atoms with Crippen molar-refractivity contribution in [3.63, 3.8) is 0 Å². The number of rotatable bonds is 2. The Morgan fingerprint density at radius 2 is 1.57 bits per heavy atom. The van der Waals surface area contributed by atoms with Crippen LogP contribution in [0.1, 0.15) is 0 Å². The molecule has 0 saturated heterocycles.